The van der Waals surface area contributed by atoms with Gasteiger partial charge in [-0.2, -0.15) is 0 Å². The Kier molecular flexibility index (Phi) is 4.88. The van der Waals surface area contributed by atoms with E-state index >= 15 is 0 Å². The molecule has 110 valence electrons. The Bertz CT molecular complexity index is 647. The maximum Gasteiger partial charge on any atom is 0.272 e. The molecule has 4 nitrogen and oxygen atoms in total. The molecular weight excluding hydrogens is 295 g/mol. The van der Waals surface area contributed by atoms with Gasteiger partial charge in [0.05, 0.1) is 4.92 Å². The van der Waals surface area contributed by atoms with Gasteiger partial charge in [-0.05, 0) is 42.7 Å². The molecule has 0 amide bonds. The van der Waals surface area contributed by atoms with Crippen molar-refractivity contribution >= 4 is 17.3 Å². The quantitative estimate of drug-likeness (QED) is 0.679. The molecule has 6 heteroatoms. The van der Waals surface area contributed by atoms with E-state index < -0.39 is 4.92 Å². The monoisotopic (exact) mass is 308 g/mol. The van der Waals surface area contributed by atoms with Crippen LogP contribution in [0.2, 0.25) is 5.02 Å². The number of nitrogens with zero attached hydrogens (tertiary/aromatic N) is 1. The van der Waals surface area contributed by atoms with Crippen molar-refractivity contribution in [2.75, 3.05) is 0 Å². The van der Waals surface area contributed by atoms with Gasteiger partial charge < -0.3 is 5.73 Å². The first-order chi connectivity index (χ1) is 9.95. The van der Waals surface area contributed by atoms with Gasteiger partial charge in [0.25, 0.3) is 5.69 Å². The highest BCUT2D eigenvalue weighted by atomic mass is 35.5. The predicted octanol–water partition coefficient (Wildman–Crippen LogP) is 3.50. The van der Waals surface area contributed by atoms with Crippen molar-refractivity contribution < 1.29 is 9.31 Å². The van der Waals surface area contributed by atoms with E-state index in [4.69, 9.17) is 17.3 Å². The van der Waals surface area contributed by atoms with Crippen LogP contribution in [0.15, 0.2) is 42.5 Å². The van der Waals surface area contributed by atoms with E-state index in [1.54, 1.807) is 18.2 Å². The fourth-order valence-corrected chi connectivity index (χ4v) is 2.37. The number of hydrogen-bond donors (Lipinski definition) is 1. The lowest BCUT2D eigenvalue weighted by Gasteiger charge is -2.12. The van der Waals surface area contributed by atoms with Gasteiger partial charge in [0.15, 0.2) is 0 Å². The molecule has 0 fully saturated rings. The van der Waals surface area contributed by atoms with Crippen molar-refractivity contribution in [1.29, 1.82) is 0 Å². The SMILES string of the molecule is NC(Cc1ccc(F)cc1)Cc1cc(Cl)ccc1[N+](=O)[O-]. The smallest absolute Gasteiger partial charge is 0.272 e. The summed E-state index contributed by atoms with van der Waals surface area (Å²) in [5, 5.41) is 11.4. The summed E-state index contributed by atoms with van der Waals surface area (Å²) < 4.78 is 12.8. The molecule has 0 bridgehead atoms. The second kappa shape index (κ2) is 6.65. The Morgan fingerprint density at radius 2 is 1.86 bits per heavy atom. The summed E-state index contributed by atoms with van der Waals surface area (Å²) in [6.45, 7) is 0. The van der Waals surface area contributed by atoms with Gasteiger partial charge >= 0.3 is 0 Å². The van der Waals surface area contributed by atoms with Gasteiger partial charge in [0.1, 0.15) is 5.82 Å². The number of nitro groups is 1. The Morgan fingerprint density at radius 3 is 2.48 bits per heavy atom. The predicted molar refractivity (Wildman–Crippen MR) is 79.9 cm³/mol. The molecule has 0 aliphatic carbocycles. The minimum absolute atomic E-state index is 0.00829. The van der Waals surface area contributed by atoms with E-state index in [2.05, 4.69) is 0 Å². The van der Waals surface area contributed by atoms with Crippen LogP contribution >= 0.6 is 11.6 Å². The molecule has 0 aliphatic rings. The second-order valence-electron chi connectivity index (χ2n) is 4.82. The highest BCUT2D eigenvalue weighted by Crippen LogP contribution is 2.24. The molecule has 0 aromatic heterocycles. The van der Waals surface area contributed by atoms with E-state index in [9.17, 15) is 14.5 Å². The Morgan fingerprint density at radius 1 is 1.19 bits per heavy atom. The average Bonchev–Trinajstić information content (AvgIpc) is 2.41. The molecule has 2 N–H and O–H groups in total. The van der Waals surface area contributed by atoms with E-state index in [0.717, 1.165) is 5.56 Å². The standard InChI is InChI=1S/C15H14ClFN2O2/c16-12-3-6-15(19(20)21)11(8-12)9-14(18)7-10-1-4-13(17)5-2-10/h1-6,8,14H,7,9,18H2. The first-order valence-electron chi connectivity index (χ1n) is 6.38. The van der Waals surface area contributed by atoms with E-state index in [1.165, 1.54) is 24.3 Å². The fraction of sp³-hybridized carbons (Fsp3) is 0.200. The maximum absolute atomic E-state index is 12.8. The van der Waals surface area contributed by atoms with Gasteiger partial charge in [-0.15, -0.1) is 0 Å². The van der Waals surface area contributed by atoms with E-state index in [0.29, 0.717) is 23.4 Å². The molecule has 0 saturated heterocycles. The Balaban J connectivity index is 2.12. The topological polar surface area (TPSA) is 69.2 Å². The van der Waals surface area contributed by atoms with Crippen LogP contribution in [0.4, 0.5) is 10.1 Å². The summed E-state index contributed by atoms with van der Waals surface area (Å²) in [6.07, 6.45) is 0.832. The zero-order valence-electron chi connectivity index (χ0n) is 11.1. The number of hydrogen-bond acceptors (Lipinski definition) is 3. The molecular formula is C15H14ClFN2O2. The van der Waals surface area contributed by atoms with Crippen molar-refractivity contribution in [2.45, 2.75) is 18.9 Å². The molecule has 2 rings (SSSR count). The van der Waals surface area contributed by atoms with Crippen LogP contribution in [-0.4, -0.2) is 11.0 Å². The molecule has 0 spiro atoms. The van der Waals surface area contributed by atoms with Crippen molar-refractivity contribution in [3.8, 4) is 0 Å². The van der Waals surface area contributed by atoms with E-state index in [1.807, 2.05) is 0 Å². The molecule has 1 unspecified atom stereocenters. The number of rotatable bonds is 5. The number of benzene rings is 2. The zero-order valence-corrected chi connectivity index (χ0v) is 11.9. The molecule has 1 atom stereocenters. The molecule has 0 saturated carbocycles. The zero-order chi connectivity index (χ0) is 15.4. The first kappa shape index (κ1) is 15.4. The Labute approximate surface area is 126 Å². The lowest BCUT2D eigenvalue weighted by molar-refractivity contribution is -0.385. The molecule has 0 radical (unpaired) electrons. The number of nitro benzene ring substituents is 1. The van der Waals surface area contributed by atoms with Gasteiger partial charge in [-0.1, -0.05) is 23.7 Å². The molecule has 0 aliphatic heterocycles. The van der Waals surface area contributed by atoms with Gasteiger partial charge in [0, 0.05) is 22.7 Å². The normalized spacial score (nSPS) is 12.1. The lowest BCUT2D eigenvalue weighted by atomic mass is 9.99. The highest BCUT2D eigenvalue weighted by Gasteiger charge is 2.16. The molecule has 2 aromatic rings. The fourth-order valence-electron chi connectivity index (χ4n) is 2.17. The Hall–Kier alpha value is -1.98. The van der Waals surface area contributed by atoms with Crippen molar-refractivity contribution in [3.05, 3.63) is 74.5 Å². The summed E-state index contributed by atoms with van der Waals surface area (Å²) in [5.41, 5.74) is 7.43. The molecule has 2 aromatic carbocycles. The second-order valence-corrected chi connectivity index (χ2v) is 5.26. The third kappa shape index (κ3) is 4.24. The van der Waals surface area contributed by atoms with Crippen LogP contribution in [0, 0.1) is 15.9 Å². The molecule has 21 heavy (non-hydrogen) atoms. The minimum atomic E-state index is -0.448. The third-order valence-electron chi connectivity index (χ3n) is 3.13. The van der Waals surface area contributed by atoms with Gasteiger partial charge in [-0.25, -0.2) is 4.39 Å². The van der Waals surface area contributed by atoms with Crippen molar-refractivity contribution in [2.24, 2.45) is 5.73 Å². The van der Waals surface area contributed by atoms with Crippen LogP contribution in [0.3, 0.4) is 0 Å². The number of nitrogens with two attached hydrogens (primary N) is 1. The van der Waals surface area contributed by atoms with Crippen LogP contribution in [0.5, 0.6) is 0 Å². The van der Waals surface area contributed by atoms with Crippen LogP contribution in [0.1, 0.15) is 11.1 Å². The summed E-state index contributed by atoms with van der Waals surface area (Å²) in [5.74, 6) is -0.308. The number of halogens is 2. The summed E-state index contributed by atoms with van der Waals surface area (Å²) in [4.78, 5) is 10.5. The van der Waals surface area contributed by atoms with Crippen LogP contribution in [0.25, 0.3) is 0 Å². The van der Waals surface area contributed by atoms with Crippen LogP contribution < -0.4 is 5.73 Å². The van der Waals surface area contributed by atoms with Crippen molar-refractivity contribution in [3.63, 3.8) is 0 Å². The average molecular weight is 309 g/mol. The van der Waals surface area contributed by atoms with Gasteiger partial charge in [-0.3, -0.25) is 10.1 Å². The summed E-state index contributed by atoms with van der Waals surface area (Å²) >= 11 is 5.88. The van der Waals surface area contributed by atoms with E-state index in [-0.39, 0.29) is 17.5 Å². The van der Waals surface area contributed by atoms with Gasteiger partial charge in [0.2, 0.25) is 0 Å². The van der Waals surface area contributed by atoms with Crippen LogP contribution in [-0.2, 0) is 12.8 Å². The first-order valence-corrected chi connectivity index (χ1v) is 6.76. The lowest BCUT2D eigenvalue weighted by Crippen LogP contribution is -2.25. The third-order valence-corrected chi connectivity index (χ3v) is 3.37. The highest BCUT2D eigenvalue weighted by molar-refractivity contribution is 6.30. The summed E-state index contributed by atoms with van der Waals surface area (Å²) in [7, 11) is 0. The largest absolute Gasteiger partial charge is 0.327 e. The summed E-state index contributed by atoms with van der Waals surface area (Å²) in [6, 6.07) is 10.1. The maximum atomic E-state index is 12.8. The molecule has 0 heterocycles. The minimum Gasteiger partial charge on any atom is -0.327 e. The van der Waals surface area contributed by atoms with Crippen molar-refractivity contribution in [1.82, 2.24) is 0 Å².